The van der Waals surface area contributed by atoms with Gasteiger partial charge in [0.25, 0.3) is 0 Å². The van der Waals surface area contributed by atoms with Gasteiger partial charge in [-0.05, 0) is 33.2 Å². The minimum absolute atomic E-state index is 0. The van der Waals surface area contributed by atoms with Gasteiger partial charge in [0.2, 0.25) is 5.91 Å². The van der Waals surface area contributed by atoms with Gasteiger partial charge in [-0.2, -0.15) is 0 Å². The maximum atomic E-state index is 11.7. The van der Waals surface area contributed by atoms with Crippen LogP contribution in [0.2, 0.25) is 0 Å². The number of hydrogen-bond acceptors (Lipinski definition) is 4. The lowest BCUT2D eigenvalue weighted by molar-refractivity contribution is -0.125. The highest BCUT2D eigenvalue weighted by Gasteiger charge is 2.27. The van der Waals surface area contributed by atoms with Gasteiger partial charge in [-0.25, -0.2) is 0 Å². The first-order valence-corrected chi connectivity index (χ1v) is 6.25. The second kappa shape index (κ2) is 9.77. The Morgan fingerprint density at radius 3 is 2.63 bits per heavy atom. The third kappa shape index (κ3) is 7.32. The molecule has 0 aromatic rings. The number of rotatable bonds is 6. The molecule has 1 aliphatic heterocycles. The van der Waals surface area contributed by atoms with Crippen molar-refractivity contribution in [2.75, 3.05) is 33.4 Å². The van der Waals surface area contributed by atoms with Gasteiger partial charge in [0.1, 0.15) is 0 Å². The summed E-state index contributed by atoms with van der Waals surface area (Å²) < 4.78 is 5.08. The van der Waals surface area contributed by atoms with E-state index in [2.05, 4.69) is 10.2 Å². The molecule has 0 aliphatic carbocycles. The average molecular weight is 316 g/mol. The molecule has 0 aromatic carbocycles. The number of nitrogens with two attached hydrogens (primary N) is 1. The molecule has 0 radical (unpaired) electrons. The van der Waals surface area contributed by atoms with Crippen LogP contribution in [0, 0.1) is 0 Å². The quantitative estimate of drug-likeness (QED) is 0.760. The zero-order valence-electron chi connectivity index (χ0n) is 12.0. The third-order valence-corrected chi connectivity index (χ3v) is 3.17. The van der Waals surface area contributed by atoms with Gasteiger partial charge in [0.05, 0.1) is 12.1 Å². The van der Waals surface area contributed by atoms with Gasteiger partial charge in [-0.15, -0.1) is 24.8 Å². The van der Waals surface area contributed by atoms with Crippen LogP contribution in [0.3, 0.4) is 0 Å². The molecule has 1 rings (SSSR count). The normalized spacial score (nSPS) is 19.5. The van der Waals surface area contributed by atoms with E-state index in [0.717, 1.165) is 26.1 Å². The molecule has 5 nitrogen and oxygen atoms in total. The highest BCUT2D eigenvalue weighted by molar-refractivity contribution is 5.85. The molecule has 0 spiro atoms. The molecular formula is C12H27Cl2N3O2. The Kier molecular flexibility index (Phi) is 10.9. The molecule has 0 saturated carbocycles. The molecule has 1 aliphatic rings. The molecule has 1 fully saturated rings. The van der Waals surface area contributed by atoms with Crippen LogP contribution in [0.25, 0.3) is 0 Å². The van der Waals surface area contributed by atoms with Gasteiger partial charge < -0.3 is 15.8 Å². The summed E-state index contributed by atoms with van der Waals surface area (Å²) in [7, 11) is 1.71. The van der Waals surface area contributed by atoms with E-state index in [4.69, 9.17) is 10.5 Å². The number of methoxy groups -OCH3 is 1. The largest absolute Gasteiger partial charge is 0.383 e. The zero-order chi connectivity index (χ0) is 12.9. The number of nitrogens with zero attached hydrogens (tertiary/aromatic N) is 1. The number of carbonyl (C=O) groups excluding carboxylic acids is 1. The monoisotopic (exact) mass is 315 g/mol. The summed E-state index contributed by atoms with van der Waals surface area (Å²) in [5, 5.41) is 2.92. The summed E-state index contributed by atoms with van der Waals surface area (Å²) in [6.45, 7) is 6.90. The number of nitrogens with one attached hydrogen (secondary N) is 1. The van der Waals surface area contributed by atoms with Crippen LogP contribution in [0.5, 0.6) is 0 Å². The van der Waals surface area contributed by atoms with Crippen molar-refractivity contribution in [3.63, 3.8) is 0 Å². The van der Waals surface area contributed by atoms with Gasteiger partial charge in [0.15, 0.2) is 0 Å². The highest BCUT2D eigenvalue weighted by atomic mass is 35.5. The molecule has 0 bridgehead atoms. The molecule has 1 heterocycles. The molecule has 19 heavy (non-hydrogen) atoms. The first kappa shape index (κ1) is 21.2. The van der Waals surface area contributed by atoms with Gasteiger partial charge >= 0.3 is 0 Å². The van der Waals surface area contributed by atoms with E-state index in [-0.39, 0.29) is 30.7 Å². The molecule has 7 heteroatoms. The van der Waals surface area contributed by atoms with Gasteiger partial charge in [-0.1, -0.05) is 0 Å². The molecular weight excluding hydrogens is 289 g/mol. The van der Waals surface area contributed by atoms with Crippen LogP contribution >= 0.6 is 24.8 Å². The summed E-state index contributed by atoms with van der Waals surface area (Å²) >= 11 is 0. The molecule has 3 N–H and O–H groups in total. The topological polar surface area (TPSA) is 67.6 Å². The molecule has 1 amide bonds. The second-order valence-corrected chi connectivity index (χ2v) is 5.26. The number of halogens is 2. The Bertz CT molecular complexity index is 260. The SMILES string of the molecule is COCCN1CCCC1CNC(=O)C(C)(C)N.Cl.Cl. The highest BCUT2D eigenvalue weighted by Crippen LogP contribution is 2.16. The van der Waals surface area contributed by atoms with Crippen LogP contribution in [0.4, 0.5) is 0 Å². The van der Waals surface area contributed by atoms with Crippen molar-refractivity contribution >= 4 is 30.7 Å². The number of carbonyl (C=O) groups is 1. The summed E-state index contributed by atoms with van der Waals surface area (Å²) in [6.07, 6.45) is 2.32. The molecule has 1 unspecified atom stereocenters. The Morgan fingerprint density at radius 2 is 2.11 bits per heavy atom. The Labute approximate surface area is 128 Å². The van der Waals surface area contributed by atoms with Crippen LogP contribution in [-0.2, 0) is 9.53 Å². The van der Waals surface area contributed by atoms with E-state index in [1.165, 1.54) is 6.42 Å². The summed E-state index contributed by atoms with van der Waals surface area (Å²) in [6, 6.07) is 0.427. The van der Waals surface area contributed by atoms with Crippen molar-refractivity contribution in [3.8, 4) is 0 Å². The molecule has 1 saturated heterocycles. The minimum atomic E-state index is -0.796. The van der Waals surface area contributed by atoms with Crippen molar-refractivity contribution in [3.05, 3.63) is 0 Å². The zero-order valence-corrected chi connectivity index (χ0v) is 13.6. The Balaban J connectivity index is 0. The number of likely N-dealkylation sites (tertiary alicyclic amines) is 1. The predicted octanol–water partition coefficient (Wildman–Crippen LogP) is 0.794. The molecule has 0 aromatic heterocycles. The predicted molar refractivity (Wildman–Crippen MR) is 82.2 cm³/mol. The Morgan fingerprint density at radius 1 is 1.47 bits per heavy atom. The fourth-order valence-corrected chi connectivity index (χ4v) is 2.07. The minimum Gasteiger partial charge on any atom is -0.383 e. The van der Waals surface area contributed by atoms with Crippen molar-refractivity contribution in [1.82, 2.24) is 10.2 Å². The summed E-state index contributed by atoms with van der Waals surface area (Å²) in [5.41, 5.74) is 4.94. The first-order valence-electron chi connectivity index (χ1n) is 6.25. The van der Waals surface area contributed by atoms with E-state index in [9.17, 15) is 4.79 Å². The number of ether oxygens (including phenoxy) is 1. The standard InChI is InChI=1S/C12H25N3O2.2ClH/c1-12(2,13)11(16)14-9-10-5-4-6-15(10)7-8-17-3;;/h10H,4-9,13H2,1-3H3,(H,14,16);2*1H. The van der Waals surface area contributed by atoms with E-state index in [0.29, 0.717) is 12.6 Å². The van der Waals surface area contributed by atoms with Crippen molar-refractivity contribution in [1.29, 1.82) is 0 Å². The lowest BCUT2D eigenvalue weighted by Gasteiger charge is -2.26. The van der Waals surface area contributed by atoms with E-state index in [1.54, 1.807) is 21.0 Å². The number of amides is 1. The van der Waals surface area contributed by atoms with Crippen LogP contribution < -0.4 is 11.1 Å². The van der Waals surface area contributed by atoms with Crippen molar-refractivity contribution in [2.45, 2.75) is 38.3 Å². The lowest BCUT2D eigenvalue weighted by atomic mass is 10.1. The fourth-order valence-electron chi connectivity index (χ4n) is 2.07. The number of hydrogen-bond donors (Lipinski definition) is 2. The summed E-state index contributed by atoms with van der Waals surface area (Å²) in [5.74, 6) is -0.0870. The second-order valence-electron chi connectivity index (χ2n) is 5.26. The summed E-state index contributed by atoms with van der Waals surface area (Å²) in [4.78, 5) is 14.0. The smallest absolute Gasteiger partial charge is 0.239 e. The fraction of sp³-hybridized carbons (Fsp3) is 0.917. The van der Waals surface area contributed by atoms with Crippen LogP contribution in [0.15, 0.2) is 0 Å². The van der Waals surface area contributed by atoms with Crippen LogP contribution in [-0.4, -0.2) is 55.7 Å². The van der Waals surface area contributed by atoms with Gasteiger partial charge in [-0.3, -0.25) is 9.69 Å². The Hall–Kier alpha value is -0.0700. The van der Waals surface area contributed by atoms with Crippen LogP contribution in [0.1, 0.15) is 26.7 Å². The molecule has 116 valence electrons. The average Bonchev–Trinajstić information content (AvgIpc) is 2.69. The first-order chi connectivity index (χ1) is 7.95. The van der Waals surface area contributed by atoms with E-state index >= 15 is 0 Å². The van der Waals surface area contributed by atoms with Gasteiger partial charge in [0, 0.05) is 26.2 Å². The third-order valence-electron chi connectivity index (χ3n) is 3.17. The maximum absolute atomic E-state index is 11.7. The van der Waals surface area contributed by atoms with E-state index in [1.807, 2.05) is 0 Å². The maximum Gasteiger partial charge on any atom is 0.239 e. The van der Waals surface area contributed by atoms with Crippen molar-refractivity contribution in [2.24, 2.45) is 5.73 Å². The van der Waals surface area contributed by atoms with E-state index < -0.39 is 5.54 Å². The van der Waals surface area contributed by atoms with Crippen molar-refractivity contribution < 1.29 is 9.53 Å². The lowest BCUT2D eigenvalue weighted by Crippen LogP contribution is -2.52. The molecule has 1 atom stereocenters.